The normalized spacial score (nSPS) is 11.7. The number of halogens is 2. The Morgan fingerprint density at radius 3 is 2.06 bits per heavy atom. The molecule has 0 radical (unpaired) electrons. The summed E-state index contributed by atoms with van der Waals surface area (Å²) in [6, 6.07) is 22.4. The molecule has 4 rings (SSSR count). The third-order valence-electron chi connectivity index (χ3n) is 6.07. The third kappa shape index (κ3) is 5.82. The molecule has 4 aromatic rings. The second-order valence-electron chi connectivity index (χ2n) is 8.55. The van der Waals surface area contributed by atoms with Crippen molar-refractivity contribution in [3.63, 3.8) is 0 Å². The number of hydrogen-bond donors (Lipinski definition) is 1. The molecule has 0 aliphatic heterocycles. The largest absolute Gasteiger partial charge is 0.497 e. The zero-order valence-corrected chi connectivity index (χ0v) is 20.3. The molecule has 0 aliphatic carbocycles. The van der Waals surface area contributed by atoms with Gasteiger partial charge >= 0.3 is 0 Å². The molecular formula is C29H29F2NO4. The van der Waals surface area contributed by atoms with E-state index in [1.165, 1.54) is 48.5 Å². The predicted molar refractivity (Wildman–Crippen MR) is 133 cm³/mol. The molecule has 36 heavy (non-hydrogen) atoms. The molecule has 0 atom stereocenters. The molecule has 0 unspecified atom stereocenters. The molecule has 0 amide bonds. The summed E-state index contributed by atoms with van der Waals surface area (Å²) < 4.78 is 44.1. The molecule has 0 spiro atoms. The van der Waals surface area contributed by atoms with E-state index in [0.29, 0.717) is 43.1 Å². The highest BCUT2D eigenvalue weighted by Gasteiger charge is 2.37. The van der Waals surface area contributed by atoms with Crippen molar-refractivity contribution in [1.29, 1.82) is 0 Å². The minimum Gasteiger partial charge on any atom is -0.497 e. The average molecular weight is 494 g/mol. The minimum atomic E-state index is -1.73. The lowest BCUT2D eigenvalue weighted by atomic mass is 9.84. The lowest BCUT2D eigenvalue weighted by Gasteiger charge is -2.27. The summed E-state index contributed by atoms with van der Waals surface area (Å²) in [5.41, 5.74) is 0.156. The van der Waals surface area contributed by atoms with Crippen LogP contribution in [0.2, 0.25) is 0 Å². The van der Waals surface area contributed by atoms with Crippen LogP contribution in [0.25, 0.3) is 0 Å². The molecule has 0 aliphatic rings. The highest BCUT2D eigenvalue weighted by molar-refractivity contribution is 5.44. The summed E-state index contributed by atoms with van der Waals surface area (Å²) in [7, 11) is 3.29. The summed E-state index contributed by atoms with van der Waals surface area (Å²) in [6.45, 7) is 2.29. The van der Waals surface area contributed by atoms with E-state index < -0.39 is 17.2 Å². The Morgan fingerprint density at radius 1 is 0.833 bits per heavy atom. The van der Waals surface area contributed by atoms with Gasteiger partial charge in [-0.2, -0.15) is 0 Å². The number of ether oxygens (including phenoxy) is 2. The summed E-state index contributed by atoms with van der Waals surface area (Å²) in [4.78, 5) is 2.16. The van der Waals surface area contributed by atoms with Crippen LogP contribution in [-0.2, 0) is 23.4 Å². The second kappa shape index (κ2) is 11.5. The summed E-state index contributed by atoms with van der Waals surface area (Å²) in [5, 5.41) is 11.9. The van der Waals surface area contributed by atoms with Gasteiger partial charge < -0.3 is 19.0 Å². The van der Waals surface area contributed by atoms with E-state index in [4.69, 9.17) is 13.9 Å². The van der Waals surface area contributed by atoms with Crippen molar-refractivity contribution >= 4 is 0 Å². The van der Waals surface area contributed by atoms with Crippen LogP contribution in [0, 0.1) is 11.6 Å². The Labute approximate surface area is 209 Å². The fourth-order valence-corrected chi connectivity index (χ4v) is 4.17. The van der Waals surface area contributed by atoms with Crippen LogP contribution in [0.15, 0.2) is 89.3 Å². The molecule has 1 aromatic heterocycles. The molecule has 3 aromatic carbocycles. The quantitative estimate of drug-likeness (QED) is 0.299. The van der Waals surface area contributed by atoms with Crippen molar-refractivity contribution in [2.45, 2.75) is 18.7 Å². The maximum atomic E-state index is 13.6. The van der Waals surface area contributed by atoms with Crippen LogP contribution in [0.4, 0.5) is 8.78 Å². The minimum absolute atomic E-state index is 0.254. The molecule has 0 bridgehead atoms. The van der Waals surface area contributed by atoms with Gasteiger partial charge in [-0.15, -0.1) is 0 Å². The zero-order valence-electron chi connectivity index (χ0n) is 20.3. The van der Waals surface area contributed by atoms with E-state index >= 15 is 0 Å². The Morgan fingerprint density at radius 2 is 1.47 bits per heavy atom. The van der Waals surface area contributed by atoms with Crippen LogP contribution in [0.1, 0.15) is 28.2 Å². The molecule has 7 heteroatoms. The van der Waals surface area contributed by atoms with Crippen LogP contribution < -0.4 is 4.74 Å². The van der Waals surface area contributed by atoms with Gasteiger partial charge in [0.05, 0.1) is 20.3 Å². The van der Waals surface area contributed by atoms with Crippen molar-refractivity contribution in [3.8, 4) is 5.75 Å². The van der Waals surface area contributed by atoms with Gasteiger partial charge in [-0.25, -0.2) is 8.78 Å². The number of furan rings is 1. The summed E-state index contributed by atoms with van der Waals surface area (Å²) >= 11 is 0. The number of nitrogens with zero attached hydrogens (tertiary/aromatic N) is 1. The number of hydrogen-bond acceptors (Lipinski definition) is 5. The van der Waals surface area contributed by atoms with Crippen LogP contribution in [-0.4, -0.2) is 37.4 Å². The van der Waals surface area contributed by atoms with E-state index in [2.05, 4.69) is 4.90 Å². The SMILES string of the molecule is COCCN(Cc1cccc(OC)c1)Cc1ccc(C(O)(c2ccc(F)cc2)c2ccc(F)cc2)o1. The van der Waals surface area contributed by atoms with Crippen molar-refractivity contribution in [1.82, 2.24) is 4.90 Å². The van der Waals surface area contributed by atoms with Crippen LogP contribution in [0.5, 0.6) is 5.75 Å². The molecule has 0 fully saturated rings. The fraction of sp³-hybridized carbons (Fsp3) is 0.241. The Bertz CT molecular complexity index is 1210. The van der Waals surface area contributed by atoms with Crippen molar-refractivity contribution in [3.05, 3.63) is 125 Å². The number of benzene rings is 3. The lowest BCUT2D eigenvalue weighted by molar-refractivity contribution is 0.0931. The van der Waals surface area contributed by atoms with Crippen LogP contribution >= 0.6 is 0 Å². The monoisotopic (exact) mass is 493 g/mol. The second-order valence-corrected chi connectivity index (χ2v) is 8.55. The van der Waals surface area contributed by atoms with Gasteiger partial charge in [-0.05, 0) is 65.2 Å². The first-order valence-corrected chi connectivity index (χ1v) is 11.6. The topological polar surface area (TPSA) is 55.1 Å². The fourth-order valence-electron chi connectivity index (χ4n) is 4.17. The molecular weight excluding hydrogens is 464 g/mol. The molecule has 5 nitrogen and oxygen atoms in total. The van der Waals surface area contributed by atoms with E-state index in [-0.39, 0.29) is 5.76 Å². The van der Waals surface area contributed by atoms with Crippen molar-refractivity contribution in [2.24, 2.45) is 0 Å². The first-order valence-electron chi connectivity index (χ1n) is 11.6. The first-order chi connectivity index (χ1) is 17.4. The van der Waals surface area contributed by atoms with E-state index in [1.54, 1.807) is 26.4 Å². The maximum Gasteiger partial charge on any atom is 0.173 e. The summed E-state index contributed by atoms with van der Waals surface area (Å²) in [5.74, 6) is 0.817. The predicted octanol–water partition coefficient (Wildman–Crippen LogP) is 5.50. The van der Waals surface area contributed by atoms with Crippen LogP contribution in [0.3, 0.4) is 0 Å². The smallest absolute Gasteiger partial charge is 0.173 e. The van der Waals surface area contributed by atoms with Crippen molar-refractivity contribution < 1.29 is 27.8 Å². The summed E-state index contributed by atoms with van der Waals surface area (Å²) in [6.07, 6.45) is 0. The van der Waals surface area contributed by atoms with Gasteiger partial charge in [-0.1, -0.05) is 36.4 Å². The van der Waals surface area contributed by atoms with E-state index in [9.17, 15) is 13.9 Å². The van der Waals surface area contributed by atoms with E-state index in [1.807, 2.05) is 24.3 Å². The Hall–Kier alpha value is -3.52. The highest BCUT2D eigenvalue weighted by atomic mass is 19.1. The highest BCUT2D eigenvalue weighted by Crippen LogP contribution is 2.38. The Balaban J connectivity index is 1.64. The number of methoxy groups -OCH3 is 2. The zero-order chi connectivity index (χ0) is 25.5. The van der Waals surface area contributed by atoms with Gasteiger partial charge in [0.1, 0.15) is 28.9 Å². The maximum absolute atomic E-state index is 13.6. The third-order valence-corrected chi connectivity index (χ3v) is 6.07. The number of rotatable bonds is 11. The van der Waals surface area contributed by atoms with E-state index in [0.717, 1.165) is 11.3 Å². The van der Waals surface area contributed by atoms with Gasteiger partial charge in [0, 0.05) is 20.2 Å². The van der Waals surface area contributed by atoms with Gasteiger partial charge in [0.15, 0.2) is 5.60 Å². The molecule has 188 valence electrons. The first kappa shape index (κ1) is 25.6. The lowest BCUT2D eigenvalue weighted by Crippen LogP contribution is -2.28. The Kier molecular flexibility index (Phi) is 8.15. The standard InChI is InChI=1S/C29H29F2NO4/c1-34-17-16-32(19-21-4-3-5-26(18-21)35-2)20-27-14-15-28(36-27)29(33,22-6-10-24(30)11-7-22)23-8-12-25(31)13-9-23/h3-15,18,33H,16-17,19-20H2,1-2H3. The molecule has 1 heterocycles. The van der Waals surface area contributed by atoms with Gasteiger partial charge in [0.25, 0.3) is 0 Å². The van der Waals surface area contributed by atoms with Gasteiger partial charge in [-0.3, -0.25) is 4.90 Å². The van der Waals surface area contributed by atoms with Gasteiger partial charge in [0.2, 0.25) is 0 Å². The molecule has 1 N–H and O–H groups in total. The number of aliphatic hydroxyl groups is 1. The molecule has 0 saturated heterocycles. The van der Waals surface area contributed by atoms with Crippen molar-refractivity contribution in [2.75, 3.05) is 27.4 Å². The molecule has 0 saturated carbocycles. The average Bonchev–Trinajstić information content (AvgIpc) is 3.37.